The van der Waals surface area contributed by atoms with Crippen LogP contribution in [0.3, 0.4) is 0 Å². The first-order valence-corrected chi connectivity index (χ1v) is 7.12. The maximum atomic E-state index is 14.7. The molecule has 2 aromatic rings. The molecule has 0 amide bonds. The molecule has 1 aromatic heterocycles. The fourth-order valence-corrected chi connectivity index (χ4v) is 2.81. The number of nitrogens with one attached hydrogen (secondary N) is 1. The van der Waals surface area contributed by atoms with Gasteiger partial charge in [-0.1, -0.05) is 12.1 Å². The zero-order valence-electron chi connectivity index (χ0n) is 12.4. The first kappa shape index (κ1) is 16.8. The van der Waals surface area contributed by atoms with Crippen molar-refractivity contribution in [3.05, 3.63) is 53.7 Å². The fourth-order valence-electron chi connectivity index (χ4n) is 2.81. The van der Waals surface area contributed by atoms with Crippen molar-refractivity contribution in [1.29, 1.82) is 0 Å². The number of hydrogen-bond acceptors (Lipinski definition) is 4. The highest BCUT2D eigenvalue weighted by Crippen LogP contribution is 2.34. The molecule has 0 saturated carbocycles. The maximum Gasteiger partial charge on any atom is 0.170 e. The molecule has 1 atom stereocenters. The van der Waals surface area contributed by atoms with Crippen LogP contribution >= 0.6 is 12.4 Å². The lowest BCUT2D eigenvalue weighted by Gasteiger charge is -2.34. The molecule has 22 heavy (non-hydrogen) atoms. The highest BCUT2D eigenvalue weighted by molar-refractivity contribution is 5.85. The molecule has 1 aliphatic rings. The van der Waals surface area contributed by atoms with Crippen LogP contribution in [0.4, 0.5) is 4.39 Å². The van der Waals surface area contributed by atoms with Crippen molar-refractivity contribution < 1.29 is 13.5 Å². The highest BCUT2D eigenvalue weighted by Gasteiger charge is 2.29. The van der Waals surface area contributed by atoms with Crippen LogP contribution in [0, 0.1) is 5.82 Å². The number of halogens is 2. The summed E-state index contributed by atoms with van der Waals surface area (Å²) in [5.41, 5.74) is 0.589. The molecule has 1 saturated heterocycles. The van der Waals surface area contributed by atoms with Crippen molar-refractivity contribution >= 4 is 12.4 Å². The average Bonchev–Trinajstić information content (AvgIpc) is 3.04. The molecule has 1 fully saturated rings. The summed E-state index contributed by atoms with van der Waals surface area (Å²) in [5, 5.41) is 3.31. The van der Waals surface area contributed by atoms with Crippen molar-refractivity contribution in [2.45, 2.75) is 6.04 Å². The molecule has 0 radical (unpaired) electrons. The summed E-state index contributed by atoms with van der Waals surface area (Å²) in [6.07, 6.45) is 1.63. The molecule has 0 aliphatic carbocycles. The molecule has 6 heteroatoms. The van der Waals surface area contributed by atoms with Gasteiger partial charge in [0.05, 0.1) is 19.4 Å². The zero-order chi connectivity index (χ0) is 14.7. The van der Waals surface area contributed by atoms with Crippen LogP contribution in [0.15, 0.2) is 41.0 Å². The molecule has 2 heterocycles. The lowest BCUT2D eigenvalue weighted by Crippen LogP contribution is -2.45. The van der Waals surface area contributed by atoms with E-state index in [1.54, 1.807) is 18.4 Å². The van der Waals surface area contributed by atoms with Gasteiger partial charge in [-0.05, 0) is 18.2 Å². The van der Waals surface area contributed by atoms with Crippen molar-refractivity contribution in [3.63, 3.8) is 0 Å². The monoisotopic (exact) mass is 326 g/mol. The lowest BCUT2D eigenvalue weighted by molar-refractivity contribution is 0.176. The second kappa shape index (κ2) is 7.63. The fraction of sp³-hybridized carbons (Fsp3) is 0.375. The largest absolute Gasteiger partial charge is 0.494 e. The van der Waals surface area contributed by atoms with E-state index in [9.17, 15) is 4.39 Å². The number of ether oxygens (including phenoxy) is 1. The summed E-state index contributed by atoms with van der Waals surface area (Å²) in [4.78, 5) is 2.23. The second-order valence-electron chi connectivity index (χ2n) is 5.07. The summed E-state index contributed by atoms with van der Waals surface area (Å²) in [6, 6.07) is 8.75. The third-order valence-electron chi connectivity index (χ3n) is 3.84. The van der Waals surface area contributed by atoms with Crippen molar-refractivity contribution in [3.8, 4) is 5.75 Å². The molecule has 1 aromatic carbocycles. The average molecular weight is 327 g/mol. The maximum absolute atomic E-state index is 14.7. The number of furan rings is 1. The van der Waals surface area contributed by atoms with Crippen molar-refractivity contribution in [1.82, 2.24) is 10.2 Å². The summed E-state index contributed by atoms with van der Waals surface area (Å²) < 4.78 is 25.3. The minimum absolute atomic E-state index is 0. The molecule has 120 valence electrons. The number of benzene rings is 1. The number of methoxy groups -OCH3 is 1. The van der Waals surface area contributed by atoms with Gasteiger partial charge in [0.2, 0.25) is 0 Å². The Morgan fingerprint density at radius 3 is 2.64 bits per heavy atom. The quantitative estimate of drug-likeness (QED) is 0.937. The van der Waals surface area contributed by atoms with Crippen LogP contribution in [0.5, 0.6) is 5.75 Å². The van der Waals surface area contributed by atoms with Gasteiger partial charge in [0.1, 0.15) is 5.76 Å². The van der Waals surface area contributed by atoms with Gasteiger partial charge in [-0.3, -0.25) is 4.90 Å². The van der Waals surface area contributed by atoms with E-state index in [0.29, 0.717) is 5.56 Å². The van der Waals surface area contributed by atoms with E-state index < -0.39 is 0 Å². The number of rotatable bonds is 4. The van der Waals surface area contributed by atoms with Crippen LogP contribution in [0.2, 0.25) is 0 Å². The van der Waals surface area contributed by atoms with Gasteiger partial charge in [-0.15, -0.1) is 12.4 Å². The van der Waals surface area contributed by atoms with E-state index in [0.717, 1.165) is 31.9 Å². The van der Waals surface area contributed by atoms with Crippen molar-refractivity contribution in [2.24, 2.45) is 0 Å². The molecule has 1 N–H and O–H groups in total. The van der Waals surface area contributed by atoms with E-state index in [2.05, 4.69) is 10.2 Å². The van der Waals surface area contributed by atoms with Gasteiger partial charge in [-0.2, -0.15) is 0 Å². The minimum Gasteiger partial charge on any atom is -0.494 e. The molecule has 1 aliphatic heterocycles. The topological polar surface area (TPSA) is 37.6 Å². The molecule has 3 rings (SSSR count). The van der Waals surface area contributed by atoms with Crippen LogP contribution in [0.25, 0.3) is 0 Å². The summed E-state index contributed by atoms with van der Waals surface area (Å²) in [5.74, 6) is 0.697. The smallest absolute Gasteiger partial charge is 0.170 e. The van der Waals surface area contributed by atoms with Gasteiger partial charge in [-0.25, -0.2) is 4.39 Å². The predicted molar refractivity (Wildman–Crippen MR) is 85.2 cm³/mol. The number of piperazine rings is 1. The Morgan fingerprint density at radius 2 is 2.00 bits per heavy atom. The molecular formula is C16H20ClFN2O2. The summed E-state index contributed by atoms with van der Waals surface area (Å²) in [7, 11) is 1.48. The van der Waals surface area contributed by atoms with Gasteiger partial charge in [0.15, 0.2) is 11.6 Å². The predicted octanol–water partition coefficient (Wildman–Crippen LogP) is 2.84. The van der Waals surface area contributed by atoms with Gasteiger partial charge < -0.3 is 14.5 Å². The summed E-state index contributed by atoms with van der Waals surface area (Å²) >= 11 is 0. The third kappa shape index (κ3) is 3.27. The highest BCUT2D eigenvalue weighted by atomic mass is 35.5. The Bertz CT molecular complexity index is 586. The standard InChI is InChI=1S/C16H19FN2O2.ClH/c1-20-13-5-2-4-12(15(13)17)16(14-6-3-11-21-14)19-9-7-18-8-10-19;/h2-6,11,16,18H,7-10H2,1H3;1H/t16-;/m1./s1. The lowest BCUT2D eigenvalue weighted by atomic mass is 10.0. The van der Waals surface area contributed by atoms with E-state index in [1.165, 1.54) is 7.11 Å². The van der Waals surface area contributed by atoms with E-state index in [-0.39, 0.29) is 30.0 Å². The van der Waals surface area contributed by atoms with Crippen LogP contribution in [-0.4, -0.2) is 38.2 Å². The van der Waals surface area contributed by atoms with E-state index >= 15 is 0 Å². The van der Waals surface area contributed by atoms with E-state index in [1.807, 2.05) is 18.2 Å². The van der Waals surface area contributed by atoms with Crippen LogP contribution < -0.4 is 10.1 Å². The normalized spacial score (nSPS) is 16.8. The Kier molecular flexibility index (Phi) is 5.83. The van der Waals surface area contributed by atoms with E-state index in [4.69, 9.17) is 9.15 Å². The SMILES string of the molecule is COc1cccc([C@H](c2ccco2)N2CCNCC2)c1F.Cl. The second-order valence-corrected chi connectivity index (χ2v) is 5.07. The van der Waals surface area contributed by atoms with Gasteiger partial charge in [0, 0.05) is 31.7 Å². The Labute approximate surface area is 135 Å². The minimum atomic E-state index is -0.320. The first-order chi connectivity index (χ1) is 10.3. The summed E-state index contributed by atoms with van der Waals surface area (Å²) in [6.45, 7) is 3.48. The van der Waals surface area contributed by atoms with Crippen molar-refractivity contribution in [2.75, 3.05) is 33.3 Å². The molecular weight excluding hydrogens is 307 g/mol. The van der Waals surface area contributed by atoms with Crippen LogP contribution in [0.1, 0.15) is 17.4 Å². The molecule has 0 bridgehead atoms. The Hall–Kier alpha value is -1.56. The van der Waals surface area contributed by atoms with Gasteiger partial charge in [0.25, 0.3) is 0 Å². The first-order valence-electron chi connectivity index (χ1n) is 7.12. The molecule has 4 nitrogen and oxygen atoms in total. The Morgan fingerprint density at radius 1 is 1.23 bits per heavy atom. The number of hydrogen-bond donors (Lipinski definition) is 1. The zero-order valence-corrected chi connectivity index (χ0v) is 13.2. The number of nitrogens with zero attached hydrogens (tertiary/aromatic N) is 1. The molecule has 0 spiro atoms. The Balaban J connectivity index is 0.00000176. The van der Waals surface area contributed by atoms with Crippen LogP contribution in [-0.2, 0) is 0 Å². The third-order valence-corrected chi connectivity index (χ3v) is 3.84. The van der Waals surface area contributed by atoms with Gasteiger partial charge >= 0.3 is 0 Å². The molecule has 0 unspecified atom stereocenters.